The topological polar surface area (TPSA) is 57.6 Å². The number of carbonyl (C=O) groups is 2. The summed E-state index contributed by atoms with van der Waals surface area (Å²) >= 11 is 0. The van der Waals surface area contributed by atoms with Crippen LogP contribution in [0.2, 0.25) is 0 Å². The van der Waals surface area contributed by atoms with Crippen molar-refractivity contribution in [2.24, 2.45) is 0 Å². The van der Waals surface area contributed by atoms with Crippen LogP contribution in [0.15, 0.2) is 0 Å². The number of rotatable bonds is 20. The molecule has 0 aliphatic carbocycles. The van der Waals surface area contributed by atoms with Crippen molar-refractivity contribution in [1.29, 1.82) is 0 Å². The van der Waals surface area contributed by atoms with E-state index in [2.05, 4.69) is 6.92 Å². The van der Waals surface area contributed by atoms with Crippen molar-refractivity contribution < 1.29 is 14.7 Å². The second-order valence-corrected chi connectivity index (χ2v) is 8.05. The molecule has 4 nitrogen and oxygen atoms in total. The number of hydrogen-bond donors (Lipinski definition) is 1. The Kier molecular flexibility index (Phi) is 25.0. The first-order chi connectivity index (χ1) is 13.1. The average molecular weight is 408 g/mol. The van der Waals surface area contributed by atoms with Crippen LogP contribution >= 0.6 is 0 Å². The molecule has 28 heavy (non-hydrogen) atoms. The van der Waals surface area contributed by atoms with Crippen LogP contribution in [-0.4, -0.2) is 65.0 Å². The average Bonchev–Trinajstić information content (AvgIpc) is 2.63. The molecule has 0 aliphatic heterocycles. The van der Waals surface area contributed by atoms with Gasteiger partial charge in [-0.25, -0.2) is 0 Å². The van der Waals surface area contributed by atoms with Gasteiger partial charge >= 0.3 is 35.5 Å². The summed E-state index contributed by atoms with van der Waals surface area (Å²) in [5, 5.41) is 8.66. The van der Waals surface area contributed by atoms with Gasteiger partial charge in [-0.15, -0.1) is 0 Å². The summed E-state index contributed by atoms with van der Waals surface area (Å²) in [6.45, 7) is 2.08. The van der Waals surface area contributed by atoms with Crippen LogP contribution in [0.5, 0.6) is 0 Å². The van der Waals surface area contributed by atoms with Gasteiger partial charge in [-0.2, -0.15) is 0 Å². The molecule has 0 spiro atoms. The Hall–Kier alpha value is -0.0600. The van der Waals surface area contributed by atoms with Gasteiger partial charge in [0, 0.05) is 13.5 Å². The van der Waals surface area contributed by atoms with Crippen molar-refractivity contribution in [3.63, 3.8) is 0 Å². The third-order valence-corrected chi connectivity index (χ3v) is 5.29. The molecule has 0 bridgehead atoms. The van der Waals surface area contributed by atoms with Gasteiger partial charge < -0.3 is 10.0 Å². The Morgan fingerprint density at radius 3 is 1.29 bits per heavy atom. The molecular formula is C23H46NNaO3. The van der Waals surface area contributed by atoms with Crippen LogP contribution in [0.3, 0.4) is 0 Å². The van der Waals surface area contributed by atoms with Gasteiger partial charge in [0.05, 0.1) is 0 Å². The van der Waals surface area contributed by atoms with Crippen molar-refractivity contribution in [3.8, 4) is 0 Å². The summed E-state index contributed by atoms with van der Waals surface area (Å²) in [5.41, 5.74) is 0. The van der Waals surface area contributed by atoms with Crippen LogP contribution < -0.4 is 0 Å². The summed E-state index contributed by atoms with van der Waals surface area (Å²) in [6.07, 6.45) is 23.0. The van der Waals surface area contributed by atoms with Gasteiger partial charge in [0.15, 0.2) is 0 Å². The third kappa shape index (κ3) is 22.2. The molecule has 5 heteroatoms. The molecule has 0 rings (SSSR count). The van der Waals surface area contributed by atoms with Crippen molar-refractivity contribution in [2.75, 3.05) is 13.6 Å². The number of carbonyl (C=O) groups excluding carboxylic acids is 1. The van der Waals surface area contributed by atoms with E-state index in [1.807, 2.05) is 0 Å². The van der Waals surface area contributed by atoms with Crippen molar-refractivity contribution in [1.82, 2.24) is 4.90 Å². The van der Waals surface area contributed by atoms with E-state index in [9.17, 15) is 9.59 Å². The zero-order valence-electron chi connectivity index (χ0n) is 18.1. The first-order valence-corrected chi connectivity index (χ1v) is 11.5. The van der Waals surface area contributed by atoms with Gasteiger partial charge in [-0.3, -0.25) is 9.59 Å². The molecule has 1 N–H and O–H groups in total. The number of nitrogens with zero attached hydrogens (tertiary/aromatic N) is 1. The molecule has 0 aromatic rings. The summed E-state index contributed by atoms with van der Waals surface area (Å²) in [6, 6.07) is 0. The number of likely N-dealkylation sites (N-methyl/N-ethyl adjacent to an activating group) is 1. The standard InChI is InChI=1S/C23H45NO3.Na.H/c1-3-4-5-6-7-8-9-10-11-12-13-14-15-16-17-18-19-20-22(25)24(2)21-23(26)27;;/h3-21H2,1-2H3,(H,26,27);;. The number of amides is 1. The molecule has 1 amide bonds. The Morgan fingerprint density at radius 2 is 0.964 bits per heavy atom. The van der Waals surface area contributed by atoms with Gasteiger partial charge in [0.25, 0.3) is 0 Å². The number of hydrogen-bond acceptors (Lipinski definition) is 2. The van der Waals surface area contributed by atoms with Crippen molar-refractivity contribution >= 4 is 41.4 Å². The fraction of sp³-hybridized carbons (Fsp3) is 0.913. The van der Waals surface area contributed by atoms with E-state index < -0.39 is 5.97 Å². The van der Waals surface area contributed by atoms with Crippen LogP contribution in [0.25, 0.3) is 0 Å². The van der Waals surface area contributed by atoms with Crippen LogP contribution in [0, 0.1) is 0 Å². The van der Waals surface area contributed by atoms with Crippen LogP contribution in [-0.2, 0) is 9.59 Å². The number of unbranched alkanes of at least 4 members (excludes halogenated alkanes) is 16. The number of carboxylic acids is 1. The Bertz CT molecular complexity index is 364. The molecule has 162 valence electrons. The van der Waals surface area contributed by atoms with E-state index in [4.69, 9.17) is 5.11 Å². The molecule has 0 saturated carbocycles. The zero-order valence-corrected chi connectivity index (χ0v) is 18.1. The summed E-state index contributed by atoms with van der Waals surface area (Å²) in [5.74, 6) is -1.01. The maximum absolute atomic E-state index is 11.7. The van der Waals surface area contributed by atoms with Gasteiger partial charge in [0.1, 0.15) is 6.54 Å². The normalized spacial score (nSPS) is 10.5. The van der Waals surface area contributed by atoms with E-state index in [1.54, 1.807) is 7.05 Å². The van der Waals surface area contributed by atoms with E-state index in [0.717, 1.165) is 12.8 Å². The molecule has 0 radical (unpaired) electrons. The quantitative estimate of drug-likeness (QED) is 0.201. The molecule has 0 fully saturated rings. The second-order valence-electron chi connectivity index (χ2n) is 8.05. The monoisotopic (exact) mass is 407 g/mol. The van der Waals surface area contributed by atoms with Gasteiger partial charge in [0.2, 0.25) is 5.91 Å². The fourth-order valence-corrected chi connectivity index (χ4v) is 3.48. The molecule has 0 aromatic heterocycles. The first-order valence-electron chi connectivity index (χ1n) is 11.5. The molecule has 0 atom stereocenters. The van der Waals surface area contributed by atoms with Crippen LogP contribution in [0.1, 0.15) is 122 Å². The zero-order chi connectivity index (χ0) is 20.2. The predicted octanol–water partition coefficient (Wildman–Crippen LogP) is 5.92. The summed E-state index contributed by atoms with van der Waals surface area (Å²) < 4.78 is 0. The predicted molar refractivity (Wildman–Crippen MR) is 121 cm³/mol. The molecule has 0 heterocycles. The summed E-state index contributed by atoms with van der Waals surface area (Å²) in [7, 11) is 1.56. The molecule has 0 saturated heterocycles. The molecule has 0 aromatic carbocycles. The van der Waals surface area contributed by atoms with Gasteiger partial charge in [-0.05, 0) is 6.42 Å². The molecule has 0 aliphatic rings. The Morgan fingerprint density at radius 1 is 0.643 bits per heavy atom. The van der Waals surface area contributed by atoms with E-state index in [-0.39, 0.29) is 42.0 Å². The van der Waals surface area contributed by atoms with Gasteiger partial charge in [-0.1, -0.05) is 110 Å². The van der Waals surface area contributed by atoms with E-state index in [0.29, 0.717) is 6.42 Å². The number of aliphatic carboxylic acids is 1. The number of carboxylic acid groups (broad SMARTS) is 1. The van der Waals surface area contributed by atoms with Crippen molar-refractivity contribution in [3.05, 3.63) is 0 Å². The third-order valence-electron chi connectivity index (χ3n) is 5.29. The molecular weight excluding hydrogens is 361 g/mol. The summed E-state index contributed by atoms with van der Waals surface area (Å²) in [4.78, 5) is 23.6. The molecule has 0 unspecified atom stereocenters. The minimum atomic E-state index is -0.951. The first kappa shape index (κ1) is 30.1. The van der Waals surface area contributed by atoms with E-state index >= 15 is 0 Å². The maximum atomic E-state index is 11.7. The fourth-order valence-electron chi connectivity index (χ4n) is 3.48. The van der Waals surface area contributed by atoms with Crippen LogP contribution in [0.4, 0.5) is 0 Å². The SMILES string of the molecule is CCCCCCCCCCCCCCCCCCCC(=O)N(C)CC(=O)O.[NaH]. The Labute approximate surface area is 196 Å². The Balaban J connectivity index is 0. The van der Waals surface area contributed by atoms with Crippen molar-refractivity contribution in [2.45, 2.75) is 122 Å². The second kappa shape index (κ2) is 23.2. The minimum absolute atomic E-state index is 0. The van der Waals surface area contributed by atoms with E-state index in [1.165, 1.54) is 101 Å².